The Hall–Kier alpha value is -3.93. The third-order valence-electron chi connectivity index (χ3n) is 4.65. The average molecular weight is 415 g/mol. The zero-order chi connectivity index (χ0) is 22.2. The summed E-state index contributed by atoms with van der Waals surface area (Å²) >= 11 is 0. The number of para-hydroxylation sites is 1. The van der Waals surface area contributed by atoms with Gasteiger partial charge in [0.2, 0.25) is 5.91 Å². The van der Waals surface area contributed by atoms with Gasteiger partial charge in [0, 0.05) is 23.7 Å². The first kappa shape index (κ1) is 21.8. The fraction of sp³-hybridized carbons (Fsp3) is 0.160. The van der Waals surface area contributed by atoms with Crippen LogP contribution < -0.4 is 16.0 Å². The topological polar surface area (TPSA) is 87.3 Å². The van der Waals surface area contributed by atoms with Gasteiger partial charge in [-0.15, -0.1) is 0 Å². The van der Waals surface area contributed by atoms with Crippen LogP contribution in [0.2, 0.25) is 0 Å². The maximum absolute atomic E-state index is 12.7. The minimum absolute atomic E-state index is 0.0901. The first-order chi connectivity index (χ1) is 14.9. The Morgan fingerprint density at radius 1 is 0.742 bits per heavy atom. The summed E-state index contributed by atoms with van der Waals surface area (Å²) in [5.41, 5.74) is 2.84. The Morgan fingerprint density at radius 2 is 1.39 bits per heavy atom. The molecule has 6 nitrogen and oxygen atoms in total. The summed E-state index contributed by atoms with van der Waals surface area (Å²) in [7, 11) is 0. The van der Waals surface area contributed by atoms with E-state index in [9.17, 15) is 14.4 Å². The molecule has 0 aliphatic heterocycles. The van der Waals surface area contributed by atoms with Crippen LogP contribution in [0.3, 0.4) is 0 Å². The minimum atomic E-state index is -0.343. The van der Waals surface area contributed by atoms with Gasteiger partial charge in [-0.05, 0) is 42.0 Å². The zero-order valence-corrected chi connectivity index (χ0v) is 17.5. The second-order valence-corrected chi connectivity index (χ2v) is 7.39. The highest BCUT2D eigenvalue weighted by Crippen LogP contribution is 2.18. The van der Waals surface area contributed by atoms with Crippen molar-refractivity contribution in [3.05, 3.63) is 95.6 Å². The predicted octanol–water partition coefficient (Wildman–Crippen LogP) is 4.46. The van der Waals surface area contributed by atoms with Crippen molar-refractivity contribution >= 4 is 29.1 Å². The van der Waals surface area contributed by atoms with Crippen LogP contribution in [-0.4, -0.2) is 17.7 Å². The van der Waals surface area contributed by atoms with Crippen molar-refractivity contribution in [2.75, 3.05) is 10.6 Å². The lowest BCUT2D eigenvalue weighted by Gasteiger charge is -2.12. The van der Waals surface area contributed by atoms with E-state index in [0.717, 1.165) is 5.56 Å². The van der Waals surface area contributed by atoms with E-state index in [4.69, 9.17) is 0 Å². The summed E-state index contributed by atoms with van der Waals surface area (Å²) in [4.78, 5) is 37.1. The van der Waals surface area contributed by atoms with Gasteiger partial charge in [-0.1, -0.05) is 56.3 Å². The zero-order valence-electron chi connectivity index (χ0n) is 17.5. The predicted molar refractivity (Wildman–Crippen MR) is 122 cm³/mol. The SMILES string of the molecule is CC(C)C(=O)Nc1ccc(C(=O)Nc2ccccc2C(=O)NCc2ccccc2)cc1. The van der Waals surface area contributed by atoms with Crippen molar-refractivity contribution in [3.63, 3.8) is 0 Å². The van der Waals surface area contributed by atoms with Gasteiger partial charge in [-0.25, -0.2) is 0 Å². The molecule has 0 heterocycles. The lowest BCUT2D eigenvalue weighted by molar-refractivity contribution is -0.118. The van der Waals surface area contributed by atoms with Crippen LogP contribution in [0.5, 0.6) is 0 Å². The van der Waals surface area contributed by atoms with E-state index in [1.54, 1.807) is 48.5 Å². The quantitative estimate of drug-likeness (QED) is 0.532. The molecule has 158 valence electrons. The molecule has 0 atom stereocenters. The lowest BCUT2D eigenvalue weighted by Crippen LogP contribution is -2.24. The highest BCUT2D eigenvalue weighted by atomic mass is 16.2. The summed E-state index contributed by atoms with van der Waals surface area (Å²) < 4.78 is 0. The van der Waals surface area contributed by atoms with Crippen LogP contribution in [0, 0.1) is 5.92 Å². The second kappa shape index (κ2) is 10.2. The molecule has 0 aliphatic rings. The smallest absolute Gasteiger partial charge is 0.255 e. The number of carbonyl (C=O) groups excluding carboxylic acids is 3. The van der Waals surface area contributed by atoms with Crippen LogP contribution in [0.25, 0.3) is 0 Å². The third kappa shape index (κ3) is 6.02. The molecule has 0 aromatic heterocycles. The molecule has 0 radical (unpaired) electrons. The highest BCUT2D eigenvalue weighted by Gasteiger charge is 2.14. The van der Waals surface area contributed by atoms with Crippen molar-refractivity contribution in [2.45, 2.75) is 20.4 Å². The summed E-state index contributed by atoms with van der Waals surface area (Å²) in [5.74, 6) is -0.836. The van der Waals surface area contributed by atoms with Gasteiger partial charge < -0.3 is 16.0 Å². The molecule has 0 saturated carbocycles. The van der Waals surface area contributed by atoms with E-state index in [2.05, 4.69) is 16.0 Å². The minimum Gasteiger partial charge on any atom is -0.348 e. The maximum Gasteiger partial charge on any atom is 0.255 e. The Bertz CT molecular complexity index is 1060. The van der Waals surface area contributed by atoms with E-state index in [1.165, 1.54) is 0 Å². The van der Waals surface area contributed by atoms with E-state index in [0.29, 0.717) is 29.0 Å². The van der Waals surface area contributed by atoms with Gasteiger partial charge in [0.15, 0.2) is 0 Å². The first-order valence-corrected chi connectivity index (χ1v) is 10.1. The molecular weight excluding hydrogens is 390 g/mol. The third-order valence-corrected chi connectivity index (χ3v) is 4.65. The molecule has 0 aliphatic carbocycles. The van der Waals surface area contributed by atoms with Gasteiger partial charge in [-0.2, -0.15) is 0 Å². The largest absolute Gasteiger partial charge is 0.348 e. The number of amides is 3. The van der Waals surface area contributed by atoms with Crippen molar-refractivity contribution in [2.24, 2.45) is 5.92 Å². The molecule has 6 heteroatoms. The van der Waals surface area contributed by atoms with Gasteiger partial charge in [0.05, 0.1) is 11.3 Å². The normalized spacial score (nSPS) is 10.4. The van der Waals surface area contributed by atoms with E-state index in [1.807, 2.05) is 44.2 Å². The summed E-state index contributed by atoms with van der Waals surface area (Å²) in [5, 5.41) is 8.46. The summed E-state index contributed by atoms with van der Waals surface area (Å²) in [6.45, 7) is 4.01. The molecule has 0 saturated heterocycles. The molecule has 0 unspecified atom stereocenters. The van der Waals surface area contributed by atoms with Gasteiger partial charge in [-0.3, -0.25) is 14.4 Å². The van der Waals surface area contributed by atoms with Gasteiger partial charge in [0.1, 0.15) is 0 Å². The highest BCUT2D eigenvalue weighted by molar-refractivity contribution is 6.09. The van der Waals surface area contributed by atoms with Crippen LogP contribution >= 0.6 is 0 Å². The van der Waals surface area contributed by atoms with Crippen LogP contribution in [0.4, 0.5) is 11.4 Å². The molecule has 3 amide bonds. The number of rotatable bonds is 7. The average Bonchev–Trinajstić information content (AvgIpc) is 2.79. The van der Waals surface area contributed by atoms with E-state index in [-0.39, 0.29) is 23.6 Å². The maximum atomic E-state index is 12.7. The molecule has 0 spiro atoms. The monoisotopic (exact) mass is 415 g/mol. The number of anilines is 2. The molecule has 0 bridgehead atoms. The molecule has 3 aromatic rings. The van der Waals surface area contributed by atoms with E-state index >= 15 is 0 Å². The summed E-state index contributed by atoms with van der Waals surface area (Å²) in [6, 6.07) is 23.1. The number of carbonyl (C=O) groups is 3. The number of benzene rings is 3. The standard InChI is InChI=1S/C25H25N3O3/c1-17(2)23(29)27-20-14-12-19(13-15-20)24(30)28-22-11-7-6-10-21(22)25(31)26-16-18-8-4-3-5-9-18/h3-15,17H,16H2,1-2H3,(H,26,31)(H,27,29)(H,28,30). The van der Waals surface area contributed by atoms with Gasteiger partial charge in [0.25, 0.3) is 11.8 Å². The van der Waals surface area contributed by atoms with Gasteiger partial charge >= 0.3 is 0 Å². The number of hydrogen-bond donors (Lipinski definition) is 3. The van der Waals surface area contributed by atoms with Crippen molar-refractivity contribution in [1.29, 1.82) is 0 Å². The fourth-order valence-corrected chi connectivity index (χ4v) is 2.85. The lowest BCUT2D eigenvalue weighted by atomic mass is 10.1. The summed E-state index contributed by atoms with van der Waals surface area (Å²) in [6.07, 6.45) is 0. The van der Waals surface area contributed by atoms with Crippen molar-refractivity contribution in [1.82, 2.24) is 5.32 Å². The Morgan fingerprint density at radius 3 is 2.06 bits per heavy atom. The van der Waals surface area contributed by atoms with Crippen LogP contribution in [0.15, 0.2) is 78.9 Å². The van der Waals surface area contributed by atoms with E-state index < -0.39 is 0 Å². The van der Waals surface area contributed by atoms with Crippen LogP contribution in [0.1, 0.15) is 40.1 Å². The van der Waals surface area contributed by atoms with Crippen molar-refractivity contribution in [3.8, 4) is 0 Å². The Labute approximate surface area is 181 Å². The molecule has 31 heavy (non-hydrogen) atoms. The molecular formula is C25H25N3O3. The fourth-order valence-electron chi connectivity index (χ4n) is 2.85. The number of nitrogens with one attached hydrogen (secondary N) is 3. The first-order valence-electron chi connectivity index (χ1n) is 10.1. The molecule has 3 aromatic carbocycles. The Kier molecular flexibility index (Phi) is 7.17. The Balaban J connectivity index is 1.66. The van der Waals surface area contributed by atoms with Crippen LogP contribution in [-0.2, 0) is 11.3 Å². The molecule has 3 rings (SSSR count). The molecule has 3 N–H and O–H groups in total. The number of hydrogen-bond acceptors (Lipinski definition) is 3. The van der Waals surface area contributed by atoms with Crippen molar-refractivity contribution < 1.29 is 14.4 Å². The second-order valence-electron chi connectivity index (χ2n) is 7.39. The molecule has 0 fully saturated rings.